The van der Waals surface area contributed by atoms with Gasteiger partial charge < -0.3 is 0 Å². The molecule has 0 radical (unpaired) electrons. The number of hydrogen-bond acceptors (Lipinski definition) is 2. The highest BCUT2D eigenvalue weighted by Gasteiger charge is 2.43. The first-order valence-electron chi connectivity index (χ1n) is 4.95. The molecular weight excluding hydrogens is 148 g/mol. The zero-order chi connectivity index (χ0) is 9.03. The Morgan fingerprint density at radius 1 is 1.50 bits per heavy atom. The molecule has 0 aromatic carbocycles. The molecule has 1 saturated carbocycles. The minimum absolute atomic E-state index is 0.198. The van der Waals surface area contributed by atoms with E-state index in [1.807, 2.05) is 0 Å². The zero-order valence-corrected chi connectivity index (χ0v) is 8.06. The van der Waals surface area contributed by atoms with E-state index < -0.39 is 0 Å². The first-order valence-corrected chi connectivity index (χ1v) is 4.95. The van der Waals surface area contributed by atoms with Gasteiger partial charge in [-0.3, -0.25) is 5.32 Å². The first-order chi connectivity index (χ1) is 5.79. The summed E-state index contributed by atoms with van der Waals surface area (Å²) < 4.78 is 0. The lowest BCUT2D eigenvalue weighted by molar-refractivity contribution is 0.354. The van der Waals surface area contributed by atoms with E-state index in [-0.39, 0.29) is 5.54 Å². The second-order valence-corrected chi connectivity index (χ2v) is 3.64. The molecule has 0 aromatic heterocycles. The fraction of sp³-hybridized carbons (Fsp3) is 0.900. The van der Waals surface area contributed by atoms with Gasteiger partial charge in [-0.15, -0.1) is 0 Å². The highest BCUT2D eigenvalue weighted by Crippen LogP contribution is 2.41. The third kappa shape index (κ3) is 1.78. The van der Waals surface area contributed by atoms with Crippen LogP contribution < -0.4 is 5.32 Å². The fourth-order valence-electron chi connectivity index (χ4n) is 1.69. The van der Waals surface area contributed by atoms with Crippen molar-refractivity contribution in [2.45, 2.75) is 45.1 Å². The molecule has 1 aliphatic rings. The van der Waals surface area contributed by atoms with Crippen LogP contribution in [0.3, 0.4) is 0 Å². The lowest BCUT2D eigenvalue weighted by atomic mass is 9.92. The molecule has 1 unspecified atom stereocenters. The maximum Gasteiger partial charge on any atom is 0.109 e. The minimum atomic E-state index is -0.198. The van der Waals surface area contributed by atoms with Crippen LogP contribution in [0.4, 0.5) is 0 Å². The Kier molecular flexibility index (Phi) is 3.11. The molecule has 1 N–H and O–H groups in total. The maximum atomic E-state index is 9.10. The van der Waals surface area contributed by atoms with Crippen molar-refractivity contribution in [1.82, 2.24) is 5.32 Å². The number of hydrogen-bond donors (Lipinski definition) is 1. The summed E-state index contributed by atoms with van der Waals surface area (Å²) in [5.41, 5.74) is -0.198. The Balaban J connectivity index is 2.51. The maximum absolute atomic E-state index is 9.10. The number of nitrogens with zero attached hydrogens (tertiary/aromatic N) is 1. The Morgan fingerprint density at radius 2 is 2.17 bits per heavy atom. The molecule has 0 heterocycles. The summed E-state index contributed by atoms with van der Waals surface area (Å²) in [6.45, 7) is 5.21. The number of rotatable bonds is 5. The van der Waals surface area contributed by atoms with E-state index in [0.717, 1.165) is 19.4 Å². The molecule has 0 spiro atoms. The second kappa shape index (κ2) is 3.91. The Morgan fingerprint density at radius 3 is 2.50 bits per heavy atom. The van der Waals surface area contributed by atoms with Crippen molar-refractivity contribution in [3.05, 3.63) is 0 Å². The fourth-order valence-corrected chi connectivity index (χ4v) is 1.69. The Labute approximate surface area is 75.0 Å². The zero-order valence-electron chi connectivity index (χ0n) is 8.06. The highest BCUT2D eigenvalue weighted by molar-refractivity contribution is 5.14. The molecule has 0 saturated heterocycles. The largest absolute Gasteiger partial charge is 0.299 e. The lowest BCUT2D eigenvalue weighted by Crippen LogP contribution is -2.45. The molecule has 1 rings (SSSR count). The van der Waals surface area contributed by atoms with Gasteiger partial charge in [0, 0.05) is 0 Å². The van der Waals surface area contributed by atoms with Crippen molar-refractivity contribution in [3.63, 3.8) is 0 Å². The number of nitriles is 1. The smallest absolute Gasteiger partial charge is 0.109 e. The quantitative estimate of drug-likeness (QED) is 0.678. The average molecular weight is 166 g/mol. The van der Waals surface area contributed by atoms with Crippen molar-refractivity contribution in [1.29, 1.82) is 5.26 Å². The van der Waals surface area contributed by atoms with Crippen molar-refractivity contribution >= 4 is 0 Å². The lowest BCUT2D eigenvalue weighted by Gasteiger charge is -2.26. The average Bonchev–Trinajstić information content (AvgIpc) is 2.91. The van der Waals surface area contributed by atoms with Crippen LogP contribution in [0.15, 0.2) is 0 Å². The van der Waals surface area contributed by atoms with Crippen LogP contribution in [-0.2, 0) is 0 Å². The van der Waals surface area contributed by atoms with Crippen molar-refractivity contribution in [3.8, 4) is 6.07 Å². The summed E-state index contributed by atoms with van der Waals surface area (Å²) in [4.78, 5) is 0. The van der Waals surface area contributed by atoms with Gasteiger partial charge in [0.25, 0.3) is 0 Å². The van der Waals surface area contributed by atoms with E-state index in [0.29, 0.717) is 5.92 Å². The molecule has 68 valence electrons. The number of nitrogens with one attached hydrogen (secondary N) is 1. The molecule has 2 nitrogen and oxygen atoms in total. The van der Waals surface area contributed by atoms with Crippen molar-refractivity contribution in [2.24, 2.45) is 5.92 Å². The molecule has 0 amide bonds. The van der Waals surface area contributed by atoms with E-state index >= 15 is 0 Å². The van der Waals surface area contributed by atoms with Crippen LogP contribution in [0.25, 0.3) is 0 Å². The molecule has 2 heteroatoms. The van der Waals surface area contributed by atoms with Gasteiger partial charge in [0.15, 0.2) is 0 Å². The van der Waals surface area contributed by atoms with Gasteiger partial charge in [-0.1, -0.05) is 13.8 Å². The summed E-state index contributed by atoms with van der Waals surface area (Å²) in [7, 11) is 0. The second-order valence-electron chi connectivity index (χ2n) is 3.64. The molecule has 1 atom stereocenters. The summed E-state index contributed by atoms with van der Waals surface area (Å²) in [5, 5.41) is 12.5. The monoisotopic (exact) mass is 166 g/mol. The highest BCUT2D eigenvalue weighted by atomic mass is 15.0. The van der Waals surface area contributed by atoms with E-state index in [1.54, 1.807) is 0 Å². The topological polar surface area (TPSA) is 35.8 Å². The van der Waals surface area contributed by atoms with Crippen molar-refractivity contribution in [2.75, 3.05) is 6.54 Å². The van der Waals surface area contributed by atoms with Crippen LogP contribution in [0.5, 0.6) is 0 Å². The van der Waals surface area contributed by atoms with Gasteiger partial charge in [0.2, 0.25) is 0 Å². The molecular formula is C10H18N2. The Bertz CT molecular complexity index is 179. The van der Waals surface area contributed by atoms with E-state index in [2.05, 4.69) is 25.2 Å². The standard InChI is InChI=1S/C10H18N2/c1-3-7-12-10(4-2,8-11)9-5-6-9/h9,12H,3-7H2,1-2H3. The summed E-state index contributed by atoms with van der Waals surface area (Å²) in [6, 6.07) is 2.45. The van der Waals surface area contributed by atoms with Gasteiger partial charge in [0.05, 0.1) is 6.07 Å². The molecule has 0 aliphatic heterocycles. The molecule has 1 fully saturated rings. The van der Waals surface area contributed by atoms with Gasteiger partial charge in [-0.25, -0.2) is 0 Å². The molecule has 12 heavy (non-hydrogen) atoms. The van der Waals surface area contributed by atoms with Crippen LogP contribution in [0, 0.1) is 17.2 Å². The molecule has 0 aromatic rings. The van der Waals surface area contributed by atoms with E-state index in [1.165, 1.54) is 12.8 Å². The van der Waals surface area contributed by atoms with Gasteiger partial charge in [-0.05, 0) is 38.1 Å². The predicted molar refractivity (Wildman–Crippen MR) is 49.7 cm³/mol. The van der Waals surface area contributed by atoms with Gasteiger partial charge in [0.1, 0.15) is 5.54 Å². The van der Waals surface area contributed by atoms with E-state index in [4.69, 9.17) is 5.26 Å². The van der Waals surface area contributed by atoms with Crippen LogP contribution in [0.2, 0.25) is 0 Å². The summed E-state index contributed by atoms with van der Waals surface area (Å²) in [6.07, 6.45) is 4.51. The normalized spacial score (nSPS) is 21.4. The third-order valence-corrected chi connectivity index (χ3v) is 2.72. The van der Waals surface area contributed by atoms with Crippen LogP contribution in [0.1, 0.15) is 39.5 Å². The molecule has 0 bridgehead atoms. The van der Waals surface area contributed by atoms with Gasteiger partial charge in [-0.2, -0.15) is 5.26 Å². The van der Waals surface area contributed by atoms with Crippen LogP contribution in [-0.4, -0.2) is 12.1 Å². The van der Waals surface area contributed by atoms with E-state index in [9.17, 15) is 0 Å². The van der Waals surface area contributed by atoms with Crippen molar-refractivity contribution < 1.29 is 0 Å². The first kappa shape index (κ1) is 9.54. The van der Waals surface area contributed by atoms with Gasteiger partial charge >= 0.3 is 0 Å². The third-order valence-electron chi connectivity index (χ3n) is 2.72. The minimum Gasteiger partial charge on any atom is -0.299 e. The SMILES string of the molecule is CCCNC(C#N)(CC)C1CC1. The Hall–Kier alpha value is -0.550. The predicted octanol–water partition coefficient (Wildman–Crippen LogP) is 2.07. The molecule has 1 aliphatic carbocycles. The summed E-state index contributed by atoms with van der Waals surface area (Å²) in [5.74, 6) is 0.624. The van der Waals surface area contributed by atoms with Crippen LogP contribution >= 0.6 is 0 Å². The summed E-state index contributed by atoms with van der Waals surface area (Å²) >= 11 is 0.